The van der Waals surface area contributed by atoms with E-state index < -0.39 is 17.5 Å². The molecule has 5 nitrogen and oxygen atoms in total. The molecule has 0 fully saturated rings. The van der Waals surface area contributed by atoms with Gasteiger partial charge in [-0.2, -0.15) is 5.10 Å². The number of H-pyrrole nitrogens is 1. The van der Waals surface area contributed by atoms with Crippen molar-refractivity contribution in [3.8, 4) is 22.0 Å². The van der Waals surface area contributed by atoms with Crippen LogP contribution in [0.1, 0.15) is 10.4 Å². The second-order valence-corrected chi connectivity index (χ2v) is 6.48. The number of aromatic amines is 1. The second-order valence-electron chi connectivity index (χ2n) is 5.62. The maximum absolute atomic E-state index is 13.8. The Hall–Kier alpha value is -3.39. The number of anilines is 1. The summed E-state index contributed by atoms with van der Waals surface area (Å²) in [6.07, 6.45) is 1.39. The number of hydrogen-bond donors (Lipinski definition) is 2. The van der Waals surface area contributed by atoms with Gasteiger partial charge in [-0.3, -0.25) is 9.89 Å². The summed E-state index contributed by atoms with van der Waals surface area (Å²) in [6.45, 7) is 0. The summed E-state index contributed by atoms with van der Waals surface area (Å²) in [7, 11) is 0. The highest BCUT2D eigenvalue weighted by Gasteiger charge is 2.19. The number of carbonyl (C=O) groups excluding carboxylic acids is 1. The Morgan fingerprint density at radius 2 is 1.89 bits per heavy atom. The molecule has 27 heavy (non-hydrogen) atoms. The third-order valence-electron chi connectivity index (χ3n) is 3.86. The van der Waals surface area contributed by atoms with Crippen molar-refractivity contribution in [1.29, 1.82) is 0 Å². The maximum Gasteiger partial charge on any atom is 0.258 e. The van der Waals surface area contributed by atoms with Crippen molar-refractivity contribution in [3.05, 3.63) is 77.3 Å². The van der Waals surface area contributed by atoms with E-state index >= 15 is 0 Å². The first kappa shape index (κ1) is 17.0. The van der Waals surface area contributed by atoms with Crippen LogP contribution in [0.15, 0.2) is 60.1 Å². The van der Waals surface area contributed by atoms with Gasteiger partial charge in [0.25, 0.3) is 5.91 Å². The summed E-state index contributed by atoms with van der Waals surface area (Å²) >= 11 is 1.45. The molecule has 4 rings (SSSR count). The lowest BCUT2D eigenvalue weighted by Crippen LogP contribution is -2.14. The van der Waals surface area contributed by atoms with Crippen molar-refractivity contribution in [2.45, 2.75) is 0 Å². The molecule has 134 valence electrons. The minimum Gasteiger partial charge on any atom is -0.319 e. The minimum atomic E-state index is -1.19. The van der Waals surface area contributed by atoms with Crippen LogP contribution in [0, 0.1) is 11.6 Å². The summed E-state index contributed by atoms with van der Waals surface area (Å²) in [4.78, 5) is 16.9. The summed E-state index contributed by atoms with van der Waals surface area (Å²) in [5, 5.41) is 11.9. The molecule has 0 unspecified atom stereocenters. The maximum atomic E-state index is 13.8. The predicted octanol–water partition coefficient (Wildman–Crippen LogP) is 4.73. The van der Waals surface area contributed by atoms with E-state index in [1.165, 1.54) is 29.7 Å². The number of carbonyl (C=O) groups is 1. The van der Waals surface area contributed by atoms with Gasteiger partial charge in [-0.25, -0.2) is 13.8 Å². The zero-order chi connectivity index (χ0) is 18.8. The number of halogens is 2. The molecule has 2 N–H and O–H groups in total. The molecule has 0 saturated carbocycles. The van der Waals surface area contributed by atoms with Crippen LogP contribution in [0.5, 0.6) is 0 Å². The largest absolute Gasteiger partial charge is 0.319 e. The Bertz CT molecular complexity index is 1110. The van der Waals surface area contributed by atoms with Crippen molar-refractivity contribution in [2.24, 2.45) is 0 Å². The fourth-order valence-corrected chi connectivity index (χ4v) is 3.36. The number of aromatic nitrogens is 3. The molecule has 0 atom stereocenters. The molecule has 0 aliphatic carbocycles. The molecule has 2 aromatic carbocycles. The molecule has 0 saturated heterocycles. The number of benzene rings is 2. The standard InChI is InChI=1S/C19H12F2N4OS/c20-13-8-4-7-12(16(13)21)18(26)23-14-9-22-25-17(14)15-10-27-19(24-15)11-5-2-1-3-6-11/h1-10H,(H,22,25)(H,23,26). The zero-order valence-electron chi connectivity index (χ0n) is 13.7. The minimum absolute atomic E-state index is 0.327. The highest BCUT2D eigenvalue weighted by molar-refractivity contribution is 7.13. The van der Waals surface area contributed by atoms with Gasteiger partial charge in [-0.05, 0) is 12.1 Å². The number of amides is 1. The van der Waals surface area contributed by atoms with Gasteiger partial charge in [-0.1, -0.05) is 36.4 Å². The molecular weight excluding hydrogens is 370 g/mol. The summed E-state index contributed by atoms with van der Waals surface area (Å²) in [5.74, 6) is -3.05. The Kier molecular flexibility index (Phi) is 4.47. The van der Waals surface area contributed by atoms with Gasteiger partial charge in [-0.15, -0.1) is 11.3 Å². The summed E-state index contributed by atoms with van der Waals surface area (Å²) in [6, 6.07) is 13.1. The molecule has 8 heteroatoms. The van der Waals surface area contributed by atoms with Gasteiger partial charge in [0, 0.05) is 10.9 Å². The van der Waals surface area contributed by atoms with Crippen LogP contribution in [-0.2, 0) is 0 Å². The molecule has 2 heterocycles. The van der Waals surface area contributed by atoms with Crippen LogP contribution in [0.4, 0.5) is 14.5 Å². The Balaban J connectivity index is 1.61. The van der Waals surface area contributed by atoms with Crippen molar-refractivity contribution in [2.75, 3.05) is 5.32 Å². The van der Waals surface area contributed by atoms with Crippen molar-refractivity contribution in [1.82, 2.24) is 15.2 Å². The molecule has 0 spiro atoms. The average molecular weight is 382 g/mol. The monoisotopic (exact) mass is 382 g/mol. The van der Waals surface area contributed by atoms with E-state index in [0.717, 1.165) is 16.6 Å². The topological polar surface area (TPSA) is 70.7 Å². The van der Waals surface area contributed by atoms with E-state index in [9.17, 15) is 13.6 Å². The average Bonchev–Trinajstić information content (AvgIpc) is 3.34. The number of rotatable bonds is 4. The molecule has 0 aliphatic rings. The van der Waals surface area contributed by atoms with Crippen LogP contribution in [0.3, 0.4) is 0 Å². The van der Waals surface area contributed by atoms with Crippen molar-refractivity contribution < 1.29 is 13.6 Å². The van der Waals surface area contributed by atoms with Crippen LogP contribution in [0.2, 0.25) is 0 Å². The van der Waals surface area contributed by atoms with Gasteiger partial charge >= 0.3 is 0 Å². The molecule has 0 bridgehead atoms. The Labute approximate surface area is 156 Å². The number of hydrogen-bond acceptors (Lipinski definition) is 4. The second kappa shape index (κ2) is 7.08. The lowest BCUT2D eigenvalue weighted by atomic mass is 10.2. The molecule has 0 radical (unpaired) electrons. The first-order valence-electron chi connectivity index (χ1n) is 7.93. The molecule has 2 aromatic heterocycles. The van der Waals surface area contributed by atoms with E-state index in [-0.39, 0.29) is 5.56 Å². The fraction of sp³-hybridized carbons (Fsp3) is 0. The van der Waals surface area contributed by atoms with Crippen molar-refractivity contribution in [3.63, 3.8) is 0 Å². The molecule has 4 aromatic rings. The van der Waals surface area contributed by atoms with E-state index in [2.05, 4.69) is 20.5 Å². The van der Waals surface area contributed by atoms with Crippen LogP contribution in [0.25, 0.3) is 22.0 Å². The predicted molar refractivity (Wildman–Crippen MR) is 99.4 cm³/mol. The first-order chi connectivity index (χ1) is 13.1. The number of nitrogens with one attached hydrogen (secondary N) is 2. The third-order valence-corrected chi connectivity index (χ3v) is 4.76. The zero-order valence-corrected chi connectivity index (χ0v) is 14.6. The number of nitrogens with zero attached hydrogens (tertiary/aromatic N) is 2. The molecular formula is C19H12F2N4OS. The van der Waals surface area contributed by atoms with Crippen molar-refractivity contribution >= 4 is 22.9 Å². The lowest BCUT2D eigenvalue weighted by molar-refractivity contribution is 0.102. The normalized spacial score (nSPS) is 10.7. The quantitative estimate of drug-likeness (QED) is 0.536. The van der Waals surface area contributed by atoms with E-state index in [0.29, 0.717) is 17.1 Å². The van der Waals surface area contributed by atoms with Crippen LogP contribution in [-0.4, -0.2) is 21.1 Å². The highest BCUT2D eigenvalue weighted by Crippen LogP contribution is 2.31. The molecule has 1 amide bonds. The van der Waals surface area contributed by atoms with Gasteiger partial charge in [0.15, 0.2) is 11.6 Å². The van der Waals surface area contributed by atoms with Crippen LogP contribution < -0.4 is 5.32 Å². The highest BCUT2D eigenvalue weighted by atomic mass is 32.1. The number of thiazole rings is 1. The van der Waals surface area contributed by atoms with E-state index in [1.54, 1.807) is 0 Å². The van der Waals surface area contributed by atoms with Crippen LogP contribution >= 0.6 is 11.3 Å². The van der Waals surface area contributed by atoms with Gasteiger partial charge in [0.2, 0.25) is 0 Å². The Morgan fingerprint density at radius 3 is 2.70 bits per heavy atom. The SMILES string of the molecule is O=C(Nc1cn[nH]c1-c1csc(-c2ccccc2)n1)c1cccc(F)c1F. The fourth-order valence-electron chi connectivity index (χ4n) is 2.55. The molecule has 0 aliphatic heterocycles. The van der Waals surface area contributed by atoms with Gasteiger partial charge in [0.05, 0.1) is 17.4 Å². The van der Waals surface area contributed by atoms with E-state index in [4.69, 9.17) is 0 Å². The van der Waals surface area contributed by atoms with Gasteiger partial charge < -0.3 is 5.32 Å². The smallest absolute Gasteiger partial charge is 0.258 e. The lowest BCUT2D eigenvalue weighted by Gasteiger charge is -2.06. The first-order valence-corrected chi connectivity index (χ1v) is 8.81. The summed E-state index contributed by atoms with van der Waals surface area (Å²) < 4.78 is 27.2. The van der Waals surface area contributed by atoms with E-state index in [1.807, 2.05) is 35.7 Å². The van der Waals surface area contributed by atoms with Gasteiger partial charge in [0.1, 0.15) is 16.4 Å². The Morgan fingerprint density at radius 1 is 1.07 bits per heavy atom. The summed E-state index contributed by atoms with van der Waals surface area (Å²) in [5.41, 5.74) is 1.99. The third kappa shape index (κ3) is 3.34.